The molecule has 0 aromatic heterocycles. The first-order valence-corrected chi connectivity index (χ1v) is 7.56. The predicted octanol–water partition coefficient (Wildman–Crippen LogP) is 2.12. The molecule has 0 aromatic carbocycles. The summed E-state index contributed by atoms with van der Waals surface area (Å²) in [5, 5.41) is 0. The van der Waals surface area contributed by atoms with E-state index < -0.39 is 12.7 Å². The van der Waals surface area contributed by atoms with Crippen LogP contribution in [0, 0.1) is 5.92 Å². The van der Waals surface area contributed by atoms with E-state index in [1.807, 2.05) is 0 Å². The zero-order valence-electron chi connectivity index (χ0n) is 11.8. The molecular formula is C14H20F3NO3. The van der Waals surface area contributed by atoms with Crippen LogP contribution < -0.4 is 0 Å². The van der Waals surface area contributed by atoms with Gasteiger partial charge in [0.2, 0.25) is 0 Å². The number of fused-ring (bicyclic) bond motifs is 2. The van der Waals surface area contributed by atoms with E-state index in [0.29, 0.717) is 25.9 Å². The van der Waals surface area contributed by atoms with Gasteiger partial charge in [0.1, 0.15) is 6.10 Å². The van der Waals surface area contributed by atoms with Crippen molar-refractivity contribution in [1.82, 2.24) is 4.90 Å². The van der Waals surface area contributed by atoms with Crippen LogP contribution in [0.1, 0.15) is 32.1 Å². The first-order chi connectivity index (χ1) is 9.90. The molecule has 3 aliphatic rings. The highest BCUT2D eigenvalue weighted by atomic mass is 19.4. The van der Waals surface area contributed by atoms with Crippen LogP contribution in [0.2, 0.25) is 0 Å². The molecule has 3 rings (SSSR count). The Bertz CT molecular complexity index is 393. The lowest BCUT2D eigenvalue weighted by Crippen LogP contribution is -2.43. The summed E-state index contributed by atoms with van der Waals surface area (Å²) < 4.78 is 48.0. The molecule has 3 heterocycles. The van der Waals surface area contributed by atoms with Gasteiger partial charge in [-0.3, -0.25) is 9.69 Å². The summed E-state index contributed by atoms with van der Waals surface area (Å²) >= 11 is 0. The van der Waals surface area contributed by atoms with Crippen LogP contribution >= 0.6 is 0 Å². The highest BCUT2D eigenvalue weighted by molar-refractivity contribution is 5.74. The lowest BCUT2D eigenvalue weighted by molar-refractivity contribution is -0.164. The van der Waals surface area contributed by atoms with E-state index in [0.717, 1.165) is 19.3 Å². The van der Waals surface area contributed by atoms with Gasteiger partial charge in [0, 0.05) is 13.1 Å². The largest absolute Gasteiger partial charge is 0.462 e. The minimum atomic E-state index is -4.16. The maximum Gasteiger partial charge on any atom is 0.401 e. The van der Waals surface area contributed by atoms with Crippen molar-refractivity contribution in [2.45, 2.75) is 56.6 Å². The zero-order valence-corrected chi connectivity index (χ0v) is 11.8. The average Bonchev–Trinajstić information content (AvgIpc) is 3.01. The molecule has 21 heavy (non-hydrogen) atoms. The number of nitrogens with zero attached hydrogens (tertiary/aromatic N) is 1. The Morgan fingerprint density at radius 2 is 1.90 bits per heavy atom. The molecule has 0 N–H and O–H groups in total. The number of halogens is 3. The Morgan fingerprint density at radius 3 is 2.43 bits per heavy atom. The highest BCUT2D eigenvalue weighted by Crippen LogP contribution is 2.39. The second-order valence-electron chi connectivity index (χ2n) is 6.24. The number of alkyl halides is 3. The molecule has 120 valence electrons. The van der Waals surface area contributed by atoms with Crippen molar-refractivity contribution in [2.24, 2.45) is 5.92 Å². The summed E-state index contributed by atoms with van der Waals surface area (Å²) in [4.78, 5) is 13.5. The molecule has 0 aliphatic carbocycles. The van der Waals surface area contributed by atoms with Crippen molar-refractivity contribution in [3.63, 3.8) is 0 Å². The Morgan fingerprint density at radius 1 is 1.19 bits per heavy atom. The first kappa shape index (κ1) is 15.1. The number of rotatable bonds is 3. The van der Waals surface area contributed by atoms with Gasteiger partial charge in [-0.2, -0.15) is 13.2 Å². The highest BCUT2D eigenvalue weighted by Gasteiger charge is 2.46. The molecule has 3 aliphatic heterocycles. The number of piperidine rings is 1. The third-order valence-electron chi connectivity index (χ3n) is 4.63. The summed E-state index contributed by atoms with van der Waals surface area (Å²) in [6, 6.07) is 0. The van der Waals surface area contributed by atoms with E-state index >= 15 is 0 Å². The van der Waals surface area contributed by atoms with Gasteiger partial charge in [0.05, 0.1) is 24.7 Å². The number of hydrogen-bond acceptors (Lipinski definition) is 4. The molecule has 2 bridgehead atoms. The Hall–Kier alpha value is -0.820. The van der Waals surface area contributed by atoms with E-state index in [-0.39, 0.29) is 30.2 Å². The Kier molecular flexibility index (Phi) is 4.14. The first-order valence-electron chi connectivity index (χ1n) is 7.56. The van der Waals surface area contributed by atoms with Gasteiger partial charge in [-0.05, 0) is 32.1 Å². The molecule has 3 saturated heterocycles. The van der Waals surface area contributed by atoms with Crippen molar-refractivity contribution < 1.29 is 27.4 Å². The normalized spacial score (nSPS) is 34.3. The summed E-state index contributed by atoms with van der Waals surface area (Å²) in [7, 11) is 0. The van der Waals surface area contributed by atoms with Crippen molar-refractivity contribution in [3.8, 4) is 0 Å². The number of esters is 1. The van der Waals surface area contributed by atoms with Crippen molar-refractivity contribution in [3.05, 3.63) is 0 Å². The van der Waals surface area contributed by atoms with Crippen LogP contribution in [-0.2, 0) is 14.3 Å². The van der Waals surface area contributed by atoms with Gasteiger partial charge in [0.15, 0.2) is 0 Å². The van der Waals surface area contributed by atoms with Crippen LogP contribution in [0.4, 0.5) is 13.2 Å². The van der Waals surface area contributed by atoms with E-state index in [4.69, 9.17) is 9.47 Å². The minimum absolute atomic E-state index is 0.00665. The number of hydrogen-bond donors (Lipinski definition) is 0. The quantitative estimate of drug-likeness (QED) is 0.749. The maximum atomic E-state index is 12.3. The van der Waals surface area contributed by atoms with E-state index in [9.17, 15) is 18.0 Å². The lowest BCUT2D eigenvalue weighted by Gasteiger charge is -2.32. The summed E-state index contributed by atoms with van der Waals surface area (Å²) in [5.41, 5.74) is 0. The van der Waals surface area contributed by atoms with E-state index in [1.54, 1.807) is 0 Å². The molecule has 7 heteroatoms. The maximum absolute atomic E-state index is 12.3. The third-order valence-corrected chi connectivity index (χ3v) is 4.63. The van der Waals surface area contributed by atoms with Crippen LogP contribution in [0.5, 0.6) is 0 Å². The van der Waals surface area contributed by atoms with Crippen molar-refractivity contribution in [2.75, 3.05) is 19.6 Å². The van der Waals surface area contributed by atoms with Gasteiger partial charge in [-0.1, -0.05) is 0 Å². The van der Waals surface area contributed by atoms with Gasteiger partial charge in [-0.15, -0.1) is 0 Å². The number of carbonyl (C=O) groups is 1. The van der Waals surface area contributed by atoms with Crippen LogP contribution in [-0.4, -0.2) is 55.0 Å². The molecule has 0 amide bonds. The zero-order chi connectivity index (χ0) is 15.0. The minimum Gasteiger partial charge on any atom is -0.462 e. The SMILES string of the molecule is O=C(OC1CCN(CC(F)(F)F)CC1)[C@@H]1C[C@H]2CC[C@H]1O2. The fourth-order valence-corrected chi connectivity index (χ4v) is 3.58. The third kappa shape index (κ3) is 3.69. The lowest BCUT2D eigenvalue weighted by atomic mass is 9.89. The number of likely N-dealkylation sites (tertiary alicyclic amines) is 1. The average molecular weight is 307 g/mol. The van der Waals surface area contributed by atoms with Crippen LogP contribution in [0.25, 0.3) is 0 Å². The fourth-order valence-electron chi connectivity index (χ4n) is 3.58. The van der Waals surface area contributed by atoms with Gasteiger partial charge < -0.3 is 9.47 Å². The topological polar surface area (TPSA) is 38.8 Å². The van der Waals surface area contributed by atoms with E-state index in [2.05, 4.69) is 0 Å². The van der Waals surface area contributed by atoms with Crippen molar-refractivity contribution in [1.29, 1.82) is 0 Å². The molecule has 0 spiro atoms. The summed E-state index contributed by atoms with van der Waals surface area (Å²) in [6.07, 6.45) is -0.610. The summed E-state index contributed by atoms with van der Waals surface area (Å²) in [6.45, 7) is -0.233. The second-order valence-corrected chi connectivity index (χ2v) is 6.24. The van der Waals surface area contributed by atoms with Gasteiger partial charge >= 0.3 is 12.1 Å². The predicted molar refractivity (Wildman–Crippen MR) is 67.6 cm³/mol. The van der Waals surface area contributed by atoms with Crippen molar-refractivity contribution >= 4 is 5.97 Å². The molecule has 3 atom stereocenters. The molecule has 3 fully saturated rings. The fraction of sp³-hybridized carbons (Fsp3) is 0.929. The van der Waals surface area contributed by atoms with Gasteiger partial charge in [0.25, 0.3) is 0 Å². The molecule has 0 radical (unpaired) electrons. The Balaban J connectivity index is 1.42. The molecule has 0 unspecified atom stereocenters. The molecule has 4 nitrogen and oxygen atoms in total. The summed E-state index contributed by atoms with van der Waals surface area (Å²) in [5.74, 6) is -0.395. The second kappa shape index (κ2) is 5.76. The van der Waals surface area contributed by atoms with E-state index in [1.165, 1.54) is 4.90 Å². The van der Waals surface area contributed by atoms with Crippen LogP contribution in [0.15, 0.2) is 0 Å². The monoisotopic (exact) mass is 307 g/mol. The molecular weight excluding hydrogens is 287 g/mol. The molecule has 0 saturated carbocycles. The van der Waals surface area contributed by atoms with Crippen LogP contribution in [0.3, 0.4) is 0 Å². The number of carbonyl (C=O) groups excluding carboxylic acids is 1. The smallest absolute Gasteiger partial charge is 0.401 e. The standard InChI is InChI=1S/C14H20F3NO3/c15-14(16,17)8-18-5-3-9(4-6-18)21-13(19)11-7-10-1-2-12(11)20-10/h9-12H,1-8H2/t10-,11-,12-/m1/s1. The Labute approximate surface area is 121 Å². The molecule has 0 aromatic rings. The van der Waals surface area contributed by atoms with Gasteiger partial charge in [-0.25, -0.2) is 0 Å². The number of ether oxygens (including phenoxy) is 2.